The van der Waals surface area contributed by atoms with Crippen molar-refractivity contribution in [1.82, 2.24) is 14.7 Å². The zero-order valence-electron chi connectivity index (χ0n) is 13.0. The van der Waals surface area contributed by atoms with Gasteiger partial charge in [-0.1, -0.05) is 17.2 Å². The number of nitrogens with zero attached hydrogens (tertiary/aromatic N) is 3. The molecule has 8 heteroatoms. The van der Waals surface area contributed by atoms with Crippen LogP contribution >= 0.6 is 0 Å². The zero-order chi connectivity index (χ0) is 17.6. The molecule has 1 aromatic carbocycles. The first kappa shape index (κ1) is 14.9. The summed E-state index contributed by atoms with van der Waals surface area (Å²) in [6.07, 6.45) is 2.93. The molecular formula is C17H11N3O5. The maximum absolute atomic E-state index is 12.5. The van der Waals surface area contributed by atoms with Crippen LogP contribution < -0.4 is 4.74 Å². The molecule has 0 bridgehead atoms. The van der Waals surface area contributed by atoms with Crippen molar-refractivity contribution >= 4 is 23.3 Å². The molecule has 1 aliphatic heterocycles. The van der Waals surface area contributed by atoms with Crippen LogP contribution in [0.2, 0.25) is 0 Å². The summed E-state index contributed by atoms with van der Waals surface area (Å²) >= 11 is 0. The zero-order valence-corrected chi connectivity index (χ0v) is 13.0. The highest BCUT2D eigenvalue weighted by atomic mass is 16.7. The number of carbonyl (C=O) groups is 3. The first-order chi connectivity index (χ1) is 12.1. The Labute approximate surface area is 141 Å². The van der Waals surface area contributed by atoms with Crippen molar-refractivity contribution in [2.45, 2.75) is 0 Å². The van der Waals surface area contributed by atoms with Gasteiger partial charge in [0, 0.05) is 6.20 Å². The van der Waals surface area contributed by atoms with Gasteiger partial charge in [0.05, 0.1) is 24.4 Å². The Balaban J connectivity index is 1.68. The van der Waals surface area contributed by atoms with Gasteiger partial charge in [-0.15, -0.1) is 0 Å². The highest BCUT2D eigenvalue weighted by molar-refractivity contribution is 6.21. The Kier molecular flexibility index (Phi) is 3.24. The molecule has 0 saturated heterocycles. The summed E-state index contributed by atoms with van der Waals surface area (Å²) in [4.78, 5) is 42.1. The van der Waals surface area contributed by atoms with Crippen molar-refractivity contribution in [2.24, 2.45) is 0 Å². The van der Waals surface area contributed by atoms with E-state index in [-0.39, 0.29) is 16.7 Å². The van der Waals surface area contributed by atoms with E-state index in [0.29, 0.717) is 16.3 Å². The fourth-order valence-electron chi connectivity index (χ4n) is 2.71. The molecular weight excluding hydrogens is 326 g/mol. The number of fused-ring (bicyclic) bond motifs is 2. The Morgan fingerprint density at radius 3 is 2.36 bits per heavy atom. The third-order valence-electron chi connectivity index (χ3n) is 3.87. The molecule has 25 heavy (non-hydrogen) atoms. The molecule has 124 valence electrons. The standard InChI is InChI=1S/C17H11N3O5/c1-24-13-7-4-8-19-14(13)12(9-18-19)17(23)25-20-15(21)10-5-2-3-6-11(10)16(20)22/h2-9H,1H3. The summed E-state index contributed by atoms with van der Waals surface area (Å²) in [6.45, 7) is 0. The van der Waals surface area contributed by atoms with Crippen molar-refractivity contribution in [3.8, 4) is 5.75 Å². The van der Waals surface area contributed by atoms with Crippen molar-refractivity contribution in [2.75, 3.05) is 7.11 Å². The third-order valence-corrected chi connectivity index (χ3v) is 3.87. The van der Waals surface area contributed by atoms with Gasteiger partial charge >= 0.3 is 5.97 Å². The van der Waals surface area contributed by atoms with Crippen LogP contribution in [0.25, 0.3) is 5.52 Å². The molecule has 0 radical (unpaired) electrons. The maximum Gasteiger partial charge on any atom is 0.367 e. The number of hydrogen-bond donors (Lipinski definition) is 0. The van der Waals surface area contributed by atoms with E-state index >= 15 is 0 Å². The van der Waals surface area contributed by atoms with E-state index in [4.69, 9.17) is 9.57 Å². The number of carbonyl (C=O) groups excluding carboxylic acids is 3. The van der Waals surface area contributed by atoms with E-state index < -0.39 is 17.8 Å². The number of amides is 2. The van der Waals surface area contributed by atoms with Crippen LogP contribution in [0.4, 0.5) is 0 Å². The molecule has 8 nitrogen and oxygen atoms in total. The number of ether oxygens (including phenoxy) is 1. The van der Waals surface area contributed by atoms with Gasteiger partial charge in [-0.25, -0.2) is 9.31 Å². The fourth-order valence-corrected chi connectivity index (χ4v) is 2.71. The highest BCUT2D eigenvalue weighted by Crippen LogP contribution is 2.26. The Hall–Kier alpha value is -3.68. The van der Waals surface area contributed by atoms with Gasteiger partial charge < -0.3 is 9.57 Å². The first-order valence-electron chi connectivity index (χ1n) is 7.32. The van der Waals surface area contributed by atoms with Gasteiger partial charge in [0.15, 0.2) is 0 Å². The molecule has 0 N–H and O–H groups in total. The van der Waals surface area contributed by atoms with E-state index in [9.17, 15) is 14.4 Å². The number of pyridine rings is 1. The second-order valence-corrected chi connectivity index (χ2v) is 5.26. The average Bonchev–Trinajstić information content (AvgIpc) is 3.17. The molecule has 2 aromatic heterocycles. The SMILES string of the molecule is COc1cccn2ncc(C(=O)ON3C(=O)c4ccccc4C3=O)c12. The van der Waals surface area contributed by atoms with Gasteiger partial charge in [-0.05, 0) is 24.3 Å². The topological polar surface area (TPSA) is 90.2 Å². The Morgan fingerprint density at radius 2 is 1.72 bits per heavy atom. The third kappa shape index (κ3) is 2.15. The lowest BCUT2D eigenvalue weighted by Crippen LogP contribution is -2.32. The minimum atomic E-state index is -0.881. The number of hydroxylamine groups is 2. The Morgan fingerprint density at radius 1 is 1.04 bits per heavy atom. The molecule has 4 rings (SSSR count). The number of aromatic nitrogens is 2. The van der Waals surface area contributed by atoms with Crippen molar-refractivity contribution < 1.29 is 24.0 Å². The summed E-state index contributed by atoms with van der Waals surface area (Å²) in [6, 6.07) is 9.63. The second-order valence-electron chi connectivity index (χ2n) is 5.26. The second kappa shape index (κ2) is 5.45. The lowest BCUT2D eigenvalue weighted by atomic mass is 10.1. The normalized spacial score (nSPS) is 13.2. The summed E-state index contributed by atoms with van der Waals surface area (Å²) in [5.41, 5.74) is 0.844. The molecule has 3 heterocycles. The van der Waals surface area contributed by atoms with Gasteiger partial charge in [0.2, 0.25) is 0 Å². The molecule has 0 fully saturated rings. The van der Waals surface area contributed by atoms with Crippen LogP contribution in [0, 0.1) is 0 Å². The summed E-state index contributed by atoms with van der Waals surface area (Å²) < 4.78 is 6.67. The highest BCUT2D eigenvalue weighted by Gasteiger charge is 2.39. The minimum Gasteiger partial charge on any atom is -0.494 e. The van der Waals surface area contributed by atoms with E-state index in [0.717, 1.165) is 0 Å². The molecule has 0 unspecified atom stereocenters. The molecule has 0 saturated carbocycles. The van der Waals surface area contributed by atoms with Gasteiger partial charge in [-0.3, -0.25) is 9.59 Å². The predicted molar refractivity (Wildman–Crippen MR) is 84.1 cm³/mol. The van der Waals surface area contributed by atoms with Crippen LogP contribution in [0.1, 0.15) is 31.1 Å². The predicted octanol–water partition coefficient (Wildman–Crippen LogP) is 1.71. The Bertz CT molecular complexity index is 1000. The van der Waals surface area contributed by atoms with Crippen LogP contribution in [0.15, 0.2) is 48.8 Å². The van der Waals surface area contributed by atoms with Crippen LogP contribution in [0.5, 0.6) is 5.75 Å². The first-order valence-corrected chi connectivity index (χ1v) is 7.32. The van der Waals surface area contributed by atoms with Gasteiger partial charge in [-0.2, -0.15) is 5.10 Å². The van der Waals surface area contributed by atoms with E-state index in [1.165, 1.54) is 30.0 Å². The van der Waals surface area contributed by atoms with E-state index in [1.807, 2.05) is 0 Å². The number of methoxy groups -OCH3 is 1. The monoisotopic (exact) mass is 337 g/mol. The quantitative estimate of drug-likeness (QED) is 0.676. The van der Waals surface area contributed by atoms with E-state index in [2.05, 4.69) is 5.10 Å². The van der Waals surface area contributed by atoms with Crippen LogP contribution in [-0.4, -0.2) is 39.6 Å². The van der Waals surface area contributed by atoms with Crippen molar-refractivity contribution in [3.63, 3.8) is 0 Å². The van der Waals surface area contributed by atoms with Crippen molar-refractivity contribution in [3.05, 3.63) is 65.5 Å². The number of hydrogen-bond acceptors (Lipinski definition) is 6. The van der Waals surface area contributed by atoms with Crippen LogP contribution in [-0.2, 0) is 4.84 Å². The maximum atomic E-state index is 12.5. The minimum absolute atomic E-state index is 0.0778. The largest absolute Gasteiger partial charge is 0.494 e. The van der Waals surface area contributed by atoms with Crippen LogP contribution in [0.3, 0.4) is 0 Å². The lowest BCUT2D eigenvalue weighted by Gasteiger charge is -2.12. The van der Waals surface area contributed by atoms with Gasteiger partial charge in [0.1, 0.15) is 16.8 Å². The molecule has 0 atom stereocenters. The molecule has 1 aliphatic rings. The van der Waals surface area contributed by atoms with E-state index in [1.54, 1.807) is 30.5 Å². The van der Waals surface area contributed by atoms with Crippen molar-refractivity contribution in [1.29, 1.82) is 0 Å². The smallest absolute Gasteiger partial charge is 0.367 e. The number of imide groups is 1. The molecule has 0 spiro atoms. The average molecular weight is 337 g/mol. The summed E-state index contributed by atoms with van der Waals surface area (Å²) in [5, 5.41) is 4.51. The molecule has 3 aromatic rings. The fraction of sp³-hybridized carbons (Fsp3) is 0.0588. The summed E-state index contributed by atoms with van der Waals surface area (Å²) in [5.74, 6) is -1.84. The summed E-state index contributed by atoms with van der Waals surface area (Å²) in [7, 11) is 1.46. The number of rotatable bonds is 3. The number of benzene rings is 1. The van der Waals surface area contributed by atoms with Gasteiger partial charge in [0.25, 0.3) is 11.8 Å². The molecule has 0 aliphatic carbocycles. The molecule has 2 amide bonds. The lowest BCUT2D eigenvalue weighted by molar-refractivity contribution is -0.0583.